The smallest absolute Gasteiger partial charge is 0.311 e. The van der Waals surface area contributed by atoms with Crippen LogP contribution < -0.4 is 10.2 Å². The van der Waals surface area contributed by atoms with E-state index in [1.54, 1.807) is 17.0 Å². The summed E-state index contributed by atoms with van der Waals surface area (Å²) in [5.74, 6) is -0.496. The standard InChI is InChI=1S/C23H23N3O3/c27-20-23(21(28)26(22(29)24-23)15-17-10-4-5-11-17)18-12-6-7-13-19(18)25(20)14-16-8-2-1-3-9-16/h1-3,6-9,12-13,17H,4-5,10-11,14-15H2,(H,24,29). The van der Waals surface area contributed by atoms with Gasteiger partial charge in [0.25, 0.3) is 11.8 Å². The first-order valence-corrected chi connectivity index (χ1v) is 10.2. The van der Waals surface area contributed by atoms with Crippen LogP contribution in [-0.2, 0) is 21.7 Å². The summed E-state index contributed by atoms with van der Waals surface area (Å²) in [6.45, 7) is 0.741. The molecule has 1 spiro atoms. The maximum Gasteiger partial charge on any atom is 0.325 e. The van der Waals surface area contributed by atoms with Crippen LogP contribution in [0, 0.1) is 5.92 Å². The number of fused-ring (bicyclic) bond motifs is 2. The van der Waals surface area contributed by atoms with Crippen LogP contribution in [0.25, 0.3) is 0 Å². The summed E-state index contributed by atoms with van der Waals surface area (Å²) in [5.41, 5.74) is 0.569. The van der Waals surface area contributed by atoms with E-state index in [-0.39, 0.29) is 5.91 Å². The Morgan fingerprint density at radius 1 is 0.862 bits per heavy atom. The summed E-state index contributed by atoms with van der Waals surface area (Å²) in [7, 11) is 0. The number of para-hydroxylation sites is 1. The van der Waals surface area contributed by atoms with Crippen molar-refractivity contribution < 1.29 is 14.4 Å². The van der Waals surface area contributed by atoms with Crippen LogP contribution in [0.4, 0.5) is 10.5 Å². The van der Waals surface area contributed by atoms with Crippen molar-refractivity contribution in [2.24, 2.45) is 5.92 Å². The van der Waals surface area contributed by atoms with E-state index < -0.39 is 17.5 Å². The number of imide groups is 1. The Morgan fingerprint density at radius 2 is 1.52 bits per heavy atom. The molecule has 1 atom stereocenters. The molecule has 2 aliphatic heterocycles. The minimum absolute atomic E-state index is 0.326. The number of anilines is 1. The van der Waals surface area contributed by atoms with Crippen molar-refractivity contribution in [3.05, 3.63) is 65.7 Å². The van der Waals surface area contributed by atoms with E-state index in [9.17, 15) is 14.4 Å². The summed E-state index contributed by atoms with van der Waals surface area (Å²) >= 11 is 0. The fourth-order valence-electron chi connectivity index (χ4n) is 4.90. The Bertz CT molecular complexity index is 984. The second kappa shape index (κ2) is 6.72. The molecule has 0 aromatic heterocycles. The highest BCUT2D eigenvalue weighted by atomic mass is 16.2. The first-order valence-electron chi connectivity index (χ1n) is 10.2. The number of carbonyl (C=O) groups is 3. The van der Waals surface area contributed by atoms with Crippen molar-refractivity contribution in [2.45, 2.75) is 37.8 Å². The van der Waals surface area contributed by atoms with Gasteiger partial charge in [0.1, 0.15) is 0 Å². The number of nitrogens with zero attached hydrogens (tertiary/aromatic N) is 2. The second-order valence-corrected chi connectivity index (χ2v) is 8.14. The number of carbonyl (C=O) groups excluding carboxylic acids is 3. The van der Waals surface area contributed by atoms with Gasteiger partial charge in [-0.3, -0.25) is 14.5 Å². The van der Waals surface area contributed by atoms with Crippen LogP contribution in [0.1, 0.15) is 36.8 Å². The van der Waals surface area contributed by atoms with Gasteiger partial charge >= 0.3 is 6.03 Å². The zero-order valence-corrected chi connectivity index (χ0v) is 16.1. The first-order chi connectivity index (χ1) is 14.1. The zero-order valence-electron chi connectivity index (χ0n) is 16.1. The lowest BCUT2D eigenvalue weighted by Crippen LogP contribution is -2.52. The van der Waals surface area contributed by atoms with E-state index in [1.807, 2.05) is 42.5 Å². The predicted molar refractivity (Wildman–Crippen MR) is 108 cm³/mol. The second-order valence-electron chi connectivity index (χ2n) is 8.14. The highest BCUT2D eigenvalue weighted by molar-refractivity contribution is 6.27. The molecule has 2 fully saturated rings. The van der Waals surface area contributed by atoms with Gasteiger partial charge < -0.3 is 10.2 Å². The van der Waals surface area contributed by atoms with Gasteiger partial charge in [-0.1, -0.05) is 61.4 Å². The highest BCUT2D eigenvalue weighted by Gasteiger charge is 2.63. The summed E-state index contributed by atoms with van der Waals surface area (Å²) < 4.78 is 0. The number of amides is 4. The zero-order chi connectivity index (χ0) is 20.0. The van der Waals surface area contributed by atoms with Gasteiger partial charge in [-0.15, -0.1) is 0 Å². The molecule has 5 rings (SSSR count). The average molecular weight is 389 g/mol. The predicted octanol–water partition coefficient (Wildman–Crippen LogP) is 3.17. The number of rotatable bonds is 4. The molecule has 0 bridgehead atoms. The number of urea groups is 1. The van der Waals surface area contributed by atoms with Crippen molar-refractivity contribution in [3.8, 4) is 0 Å². The quantitative estimate of drug-likeness (QED) is 0.645. The van der Waals surface area contributed by atoms with Crippen LogP contribution in [0.3, 0.4) is 0 Å². The van der Waals surface area contributed by atoms with E-state index in [4.69, 9.17) is 0 Å². The van der Waals surface area contributed by atoms with Gasteiger partial charge in [0.2, 0.25) is 5.54 Å². The minimum Gasteiger partial charge on any atom is -0.311 e. The molecule has 1 saturated carbocycles. The third kappa shape index (κ3) is 2.66. The van der Waals surface area contributed by atoms with Gasteiger partial charge in [-0.2, -0.15) is 0 Å². The van der Waals surface area contributed by atoms with Gasteiger partial charge in [0, 0.05) is 12.1 Å². The molecule has 2 aromatic carbocycles. The largest absolute Gasteiger partial charge is 0.325 e. The molecule has 4 amide bonds. The molecular formula is C23H23N3O3. The van der Waals surface area contributed by atoms with Crippen molar-refractivity contribution in [1.29, 1.82) is 0 Å². The minimum atomic E-state index is -1.64. The number of hydrogen-bond donors (Lipinski definition) is 1. The van der Waals surface area contributed by atoms with Crippen LogP contribution in [0.2, 0.25) is 0 Å². The van der Waals surface area contributed by atoms with E-state index >= 15 is 0 Å². The Balaban J connectivity index is 1.52. The number of benzene rings is 2. The van der Waals surface area contributed by atoms with E-state index in [2.05, 4.69) is 5.32 Å². The van der Waals surface area contributed by atoms with E-state index in [1.165, 1.54) is 4.90 Å². The van der Waals surface area contributed by atoms with Crippen LogP contribution >= 0.6 is 0 Å². The average Bonchev–Trinajstić information content (AvgIpc) is 3.40. The molecular weight excluding hydrogens is 366 g/mol. The molecule has 6 heteroatoms. The lowest BCUT2D eigenvalue weighted by Gasteiger charge is -2.23. The molecule has 1 N–H and O–H groups in total. The number of hydrogen-bond acceptors (Lipinski definition) is 3. The lowest BCUT2D eigenvalue weighted by molar-refractivity contribution is -0.138. The SMILES string of the molecule is O=C1NC2(C(=O)N1CC1CCCC1)C(=O)N(Cc1ccccc1)c1ccccc12. The molecule has 3 aliphatic rings. The van der Waals surface area contributed by atoms with E-state index in [0.717, 1.165) is 31.2 Å². The Labute approximate surface area is 169 Å². The fourth-order valence-corrected chi connectivity index (χ4v) is 4.90. The van der Waals surface area contributed by atoms with Crippen molar-refractivity contribution >= 4 is 23.5 Å². The molecule has 1 aliphatic carbocycles. The normalized spacial score (nSPS) is 23.9. The Hall–Kier alpha value is -3.15. The Morgan fingerprint density at radius 3 is 2.28 bits per heavy atom. The van der Waals surface area contributed by atoms with Crippen LogP contribution in [-0.4, -0.2) is 29.3 Å². The van der Waals surface area contributed by atoms with Crippen molar-refractivity contribution in [1.82, 2.24) is 10.2 Å². The maximum atomic E-state index is 13.6. The molecule has 1 saturated heterocycles. The lowest BCUT2D eigenvalue weighted by atomic mass is 9.91. The van der Waals surface area contributed by atoms with Gasteiger partial charge in [0.05, 0.1) is 12.2 Å². The number of nitrogens with one attached hydrogen (secondary N) is 1. The van der Waals surface area contributed by atoms with Gasteiger partial charge in [0.15, 0.2) is 0 Å². The molecule has 1 unspecified atom stereocenters. The first kappa shape index (κ1) is 17.9. The fraction of sp³-hybridized carbons (Fsp3) is 0.348. The van der Waals surface area contributed by atoms with Gasteiger partial charge in [-0.25, -0.2) is 4.79 Å². The molecule has 148 valence electrons. The van der Waals surface area contributed by atoms with Crippen LogP contribution in [0.5, 0.6) is 0 Å². The summed E-state index contributed by atoms with van der Waals surface area (Å²) in [4.78, 5) is 42.7. The molecule has 2 heterocycles. The third-order valence-electron chi connectivity index (χ3n) is 6.37. The Kier molecular flexibility index (Phi) is 4.15. The topological polar surface area (TPSA) is 69.7 Å². The summed E-state index contributed by atoms with van der Waals surface area (Å²) in [5, 5.41) is 2.77. The highest BCUT2D eigenvalue weighted by Crippen LogP contribution is 2.44. The monoisotopic (exact) mass is 389 g/mol. The van der Waals surface area contributed by atoms with Crippen LogP contribution in [0.15, 0.2) is 54.6 Å². The summed E-state index contributed by atoms with van der Waals surface area (Å²) in [6, 6.07) is 16.5. The van der Waals surface area contributed by atoms with Gasteiger partial charge in [-0.05, 0) is 30.4 Å². The van der Waals surface area contributed by atoms with E-state index in [0.29, 0.717) is 30.3 Å². The van der Waals surface area contributed by atoms with Crippen molar-refractivity contribution in [2.75, 3.05) is 11.4 Å². The summed E-state index contributed by atoms with van der Waals surface area (Å²) in [6.07, 6.45) is 4.31. The molecule has 29 heavy (non-hydrogen) atoms. The molecule has 6 nitrogen and oxygen atoms in total. The molecule has 2 aromatic rings. The maximum absolute atomic E-state index is 13.6. The third-order valence-corrected chi connectivity index (χ3v) is 6.37. The molecule has 0 radical (unpaired) electrons. The van der Waals surface area contributed by atoms with Crippen molar-refractivity contribution in [3.63, 3.8) is 0 Å².